The van der Waals surface area contributed by atoms with Gasteiger partial charge in [-0.2, -0.15) is 5.10 Å². The first-order valence-corrected chi connectivity index (χ1v) is 5.94. The van der Waals surface area contributed by atoms with E-state index < -0.39 is 0 Å². The standard InChI is InChI=1S/C13H18N4O/c1-9(2)13-15-12(17(3)16-13)8-18-11-6-4-5-10(14)7-11/h4-7,9H,8,14H2,1-3H3. The van der Waals surface area contributed by atoms with Crippen molar-refractivity contribution in [1.29, 1.82) is 0 Å². The Bertz CT molecular complexity index is 534. The van der Waals surface area contributed by atoms with E-state index in [2.05, 4.69) is 23.9 Å². The number of hydrogen-bond donors (Lipinski definition) is 1. The van der Waals surface area contributed by atoms with Crippen LogP contribution in [0.5, 0.6) is 5.75 Å². The predicted molar refractivity (Wildman–Crippen MR) is 70.3 cm³/mol. The second-order valence-electron chi connectivity index (χ2n) is 4.53. The average molecular weight is 246 g/mol. The van der Waals surface area contributed by atoms with Gasteiger partial charge in [0.25, 0.3) is 0 Å². The van der Waals surface area contributed by atoms with Crippen molar-refractivity contribution in [3.05, 3.63) is 35.9 Å². The normalized spacial score (nSPS) is 10.9. The largest absolute Gasteiger partial charge is 0.486 e. The molecule has 1 aromatic heterocycles. The summed E-state index contributed by atoms with van der Waals surface area (Å²) in [5.74, 6) is 2.70. The van der Waals surface area contributed by atoms with E-state index >= 15 is 0 Å². The Hall–Kier alpha value is -2.04. The average Bonchev–Trinajstić information content (AvgIpc) is 2.68. The second-order valence-corrected chi connectivity index (χ2v) is 4.53. The summed E-state index contributed by atoms with van der Waals surface area (Å²) in [6, 6.07) is 7.35. The summed E-state index contributed by atoms with van der Waals surface area (Å²) in [5, 5.41) is 4.34. The minimum Gasteiger partial charge on any atom is -0.486 e. The molecule has 2 N–H and O–H groups in total. The monoisotopic (exact) mass is 246 g/mol. The van der Waals surface area contributed by atoms with E-state index in [1.165, 1.54) is 0 Å². The van der Waals surface area contributed by atoms with Crippen molar-refractivity contribution < 1.29 is 4.74 Å². The molecule has 0 amide bonds. The maximum atomic E-state index is 5.69. The van der Waals surface area contributed by atoms with Crippen molar-refractivity contribution in [2.45, 2.75) is 26.4 Å². The molecule has 2 rings (SSSR count). The summed E-state index contributed by atoms with van der Waals surface area (Å²) >= 11 is 0. The van der Waals surface area contributed by atoms with Crippen molar-refractivity contribution in [2.24, 2.45) is 7.05 Å². The summed E-state index contributed by atoms with van der Waals surface area (Å²) in [7, 11) is 1.87. The van der Waals surface area contributed by atoms with Gasteiger partial charge in [-0.3, -0.25) is 0 Å². The molecule has 0 aliphatic rings. The molecular weight excluding hydrogens is 228 g/mol. The Labute approximate surface area is 107 Å². The summed E-state index contributed by atoms with van der Waals surface area (Å²) in [4.78, 5) is 4.44. The molecular formula is C13H18N4O. The fourth-order valence-electron chi connectivity index (χ4n) is 1.56. The molecule has 0 saturated heterocycles. The number of benzene rings is 1. The molecule has 0 unspecified atom stereocenters. The molecule has 2 aromatic rings. The van der Waals surface area contributed by atoms with E-state index in [9.17, 15) is 0 Å². The van der Waals surface area contributed by atoms with Crippen molar-refractivity contribution in [3.8, 4) is 5.75 Å². The van der Waals surface area contributed by atoms with Crippen LogP contribution < -0.4 is 10.5 Å². The molecule has 0 atom stereocenters. The van der Waals surface area contributed by atoms with Crippen LogP contribution in [-0.4, -0.2) is 14.8 Å². The molecule has 0 saturated carbocycles. The number of nitrogen functional groups attached to an aromatic ring is 1. The first-order chi connectivity index (χ1) is 8.56. The third kappa shape index (κ3) is 2.80. The van der Waals surface area contributed by atoms with Gasteiger partial charge in [0.1, 0.15) is 12.4 Å². The van der Waals surface area contributed by atoms with Gasteiger partial charge in [0.15, 0.2) is 11.6 Å². The van der Waals surface area contributed by atoms with Crippen molar-refractivity contribution in [1.82, 2.24) is 14.8 Å². The Kier molecular flexibility index (Phi) is 3.50. The van der Waals surface area contributed by atoms with Crippen LogP contribution in [0.4, 0.5) is 5.69 Å². The lowest BCUT2D eigenvalue weighted by molar-refractivity contribution is 0.290. The number of rotatable bonds is 4. The van der Waals surface area contributed by atoms with Gasteiger partial charge in [-0.15, -0.1) is 0 Å². The summed E-state index contributed by atoms with van der Waals surface area (Å²) in [5.41, 5.74) is 6.38. The highest BCUT2D eigenvalue weighted by atomic mass is 16.5. The molecule has 0 aliphatic carbocycles. The Balaban J connectivity index is 2.06. The fraction of sp³-hybridized carbons (Fsp3) is 0.385. The molecule has 0 bridgehead atoms. The number of aromatic nitrogens is 3. The van der Waals surface area contributed by atoms with Crippen LogP contribution in [0.2, 0.25) is 0 Å². The smallest absolute Gasteiger partial charge is 0.164 e. The molecule has 96 valence electrons. The van der Waals surface area contributed by atoms with E-state index in [4.69, 9.17) is 10.5 Å². The maximum absolute atomic E-state index is 5.69. The highest BCUT2D eigenvalue weighted by Crippen LogP contribution is 2.16. The van der Waals surface area contributed by atoms with Crippen LogP contribution in [0.15, 0.2) is 24.3 Å². The van der Waals surface area contributed by atoms with Gasteiger partial charge < -0.3 is 10.5 Å². The van der Waals surface area contributed by atoms with Gasteiger partial charge in [0, 0.05) is 24.7 Å². The van der Waals surface area contributed by atoms with E-state index in [0.717, 1.165) is 17.4 Å². The lowest BCUT2D eigenvalue weighted by Gasteiger charge is -2.05. The van der Waals surface area contributed by atoms with Gasteiger partial charge in [-0.25, -0.2) is 9.67 Å². The summed E-state index contributed by atoms with van der Waals surface area (Å²) in [6.45, 7) is 4.52. The zero-order valence-electron chi connectivity index (χ0n) is 10.9. The molecule has 0 radical (unpaired) electrons. The molecule has 0 fully saturated rings. The fourth-order valence-corrected chi connectivity index (χ4v) is 1.56. The minimum absolute atomic E-state index is 0.317. The molecule has 0 aliphatic heterocycles. The summed E-state index contributed by atoms with van der Waals surface area (Å²) in [6.07, 6.45) is 0. The SMILES string of the molecule is CC(C)c1nc(COc2cccc(N)c2)n(C)n1. The topological polar surface area (TPSA) is 66.0 Å². The van der Waals surface area contributed by atoms with Gasteiger partial charge in [-0.05, 0) is 12.1 Å². The Morgan fingerprint density at radius 3 is 2.78 bits per heavy atom. The number of nitrogens with two attached hydrogens (primary N) is 1. The first kappa shape index (κ1) is 12.4. The Morgan fingerprint density at radius 2 is 2.17 bits per heavy atom. The van der Waals surface area contributed by atoms with Crippen LogP contribution in [0.1, 0.15) is 31.4 Å². The minimum atomic E-state index is 0.317. The third-order valence-electron chi connectivity index (χ3n) is 2.61. The van der Waals surface area contributed by atoms with Gasteiger partial charge in [-0.1, -0.05) is 19.9 Å². The van der Waals surface area contributed by atoms with E-state index in [1.807, 2.05) is 25.2 Å². The second kappa shape index (κ2) is 5.08. The summed E-state index contributed by atoms with van der Waals surface area (Å²) < 4.78 is 7.40. The van der Waals surface area contributed by atoms with Crippen molar-refractivity contribution >= 4 is 5.69 Å². The molecule has 0 spiro atoms. The maximum Gasteiger partial charge on any atom is 0.164 e. The van der Waals surface area contributed by atoms with E-state index in [0.29, 0.717) is 18.2 Å². The number of aryl methyl sites for hydroxylation is 1. The van der Waals surface area contributed by atoms with Crippen LogP contribution in [0.25, 0.3) is 0 Å². The van der Waals surface area contributed by atoms with Crippen LogP contribution in [0.3, 0.4) is 0 Å². The number of ether oxygens (including phenoxy) is 1. The lowest BCUT2D eigenvalue weighted by Crippen LogP contribution is -2.04. The first-order valence-electron chi connectivity index (χ1n) is 5.94. The lowest BCUT2D eigenvalue weighted by atomic mass is 10.2. The molecule has 5 nitrogen and oxygen atoms in total. The van der Waals surface area contributed by atoms with Crippen molar-refractivity contribution in [3.63, 3.8) is 0 Å². The molecule has 1 aromatic carbocycles. The van der Waals surface area contributed by atoms with Crippen molar-refractivity contribution in [2.75, 3.05) is 5.73 Å². The highest BCUT2D eigenvalue weighted by Gasteiger charge is 2.10. The molecule has 18 heavy (non-hydrogen) atoms. The van der Waals surface area contributed by atoms with Crippen LogP contribution in [0, 0.1) is 0 Å². The zero-order chi connectivity index (χ0) is 13.1. The molecule has 1 heterocycles. The van der Waals surface area contributed by atoms with Gasteiger partial charge in [0.05, 0.1) is 0 Å². The zero-order valence-corrected chi connectivity index (χ0v) is 10.9. The van der Waals surface area contributed by atoms with Crippen LogP contribution in [-0.2, 0) is 13.7 Å². The number of nitrogens with zero attached hydrogens (tertiary/aromatic N) is 3. The number of hydrogen-bond acceptors (Lipinski definition) is 4. The third-order valence-corrected chi connectivity index (χ3v) is 2.61. The van der Waals surface area contributed by atoms with Crippen LogP contribution >= 0.6 is 0 Å². The van der Waals surface area contributed by atoms with Gasteiger partial charge >= 0.3 is 0 Å². The predicted octanol–water partition coefficient (Wildman–Crippen LogP) is 2.10. The highest BCUT2D eigenvalue weighted by molar-refractivity contribution is 5.43. The van der Waals surface area contributed by atoms with Gasteiger partial charge in [0.2, 0.25) is 0 Å². The quantitative estimate of drug-likeness (QED) is 0.839. The number of anilines is 1. The Morgan fingerprint density at radius 1 is 1.39 bits per heavy atom. The molecule has 5 heteroatoms. The van der Waals surface area contributed by atoms with E-state index in [-0.39, 0.29) is 0 Å². The van der Waals surface area contributed by atoms with E-state index in [1.54, 1.807) is 10.7 Å².